The molecule has 0 saturated carbocycles. The van der Waals surface area contributed by atoms with Crippen molar-refractivity contribution in [1.82, 2.24) is 25.0 Å². The van der Waals surface area contributed by atoms with Gasteiger partial charge in [-0.15, -0.1) is 12.4 Å². The number of aromatic nitrogens is 3. The number of fused-ring (bicyclic) bond motifs is 5. The highest BCUT2D eigenvalue weighted by Crippen LogP contribution is 2.43. The highest BCUT2D eigenvalue weighted by Gasteiger charge is 2.49. The molecule has 0 spiro atoms. The number of carbonyl (C=O) groups excluding carboxylic acids is 1. The summed E-state index contributed by atoms with van der Waals surface area (Å²) >= 11 is 0. The summed E-state index contributed by atoms with van der Waals surface area (Å²) in [5.74, 6) is 2.32. The Labute approximate surface area is 185 Å². The Bertz CT molecular complexity index is 883. The third-order valence-electron chi connectivity index (χ3n) is 7.40. The van der Waals surface area contributed by atoms with Gasteiger partial charge < -0.3 is 4.90 Å². The molecule has 2 bridgehead atoms. The third kappa shape index (κ3) is 3.96. The van der Waals surface area contributed by atoms with Gasteiger partial charge in [0.05, 0.1) is 5.69 Å². The fourth-order valence-electron chi connectivity index (χ4n) is 6.12. The molecule has 3 aliphatic rings. The molecule has 164 valence electrons. The molecule has 1 amide bonds. The number of carbonyl (C=O) groups is 1. The number of pyridine rings is 1. The Morgan fingerprint density at radius 3 is 2.93 bits per heavy atom. The Hall–Kier alpha value is -1.66. The van der Waals surface area contributed by atoms with Crippen molar-refractivity contribution in [2.24, 2.45) is 17.8 Å². The average molecular weight is 432 g/mol. The maximum absolute atomic E-state index is 12.9. The lowest BCUT2D eigenvalue weighted by molar-refractivity contribution is -0.153. The van der Waals surface area contributed by atoms with E-state index in [4.69, 9.17) is 0 Å². The zero-order valence-electron chi connectivity index (χ0n) is 18.1. The summed E-state index contributed by atoms with van der Waals surface area (Å²) in [4.78, 5) is 22.2. The molecule has 5 rings (SSSR count). The van der Waals surface area contributed by atoms with Gasteiger partial charge in [0.2, 0.25) is 5.91 Å². The van der Waals surface area contributed by atoms with Gasteiger partial charge in [0.15, 0.2) is 5.65 Å². The first-order chi connectivity index (χ1) is 14.1. The summed E-state index contributed by atoms with van der Waals surface area (Å²) in [6, 6.07) is 4.97. The van der Waals surface area contributed by atoms with E-state index in [1.54, 1.807) is 6.20 Å². The predicted octanol–water partition coefficient (Wildman–Crippen LogP) is 4.02. The summed E-state index contributed by atoms with van der Waals surface area (Å²) in [5.41, 5.74) is 1.97. The highest BCUT2D eigenvalue weighted by atomic mass is 35.5. The number of rotatable bonds is 5. The minimum absolute atomic E-state index is 0. The Morgan fingerprint density at radius 1 is 1.27 bits per heavy atom. The number of halogens is 1. The molecule has 1 N–H and O–H groups in total. The van der Waals surface area contributed by atoms with Crippen molar-refractivity contribution in [3.63, 3.8) is 0 Å². The van der Waals surface area contributed by atoms with Crippen LogP contribution in [0.2, 0.25) is 0 Å². The van der Waals surface area contributed by atoms with E-state index in [0.29, 0.717) is 35.7 Å². The molecule has 3 saturated heterocycles. The van der Waals surface area contributed by atoms with Gasteiger partial charge in [0, 0.05) is 49.7 Å². The van der Waals surface area contributed by atoms with Gasteiger partial charge >= 0.3 is 0 Å². The van der Waals surface area contributed by atoms with Crippen LogP contribution >= 0.6 is 12.4 Å². The molecule has 7 heteroatoms. The summed E-state index contributed by atoms with van der Waals surface area (Å²) in [6.45, 7) is 7.66. The molecular formula is C23H34ClN5O. The van der Waals surface area contributed by atoms with E-state index in [9.17, 15) is 4.79 Å². The van der Waals surface area contributed by atoms with Gasteiger partial charge in [-0.1, -0.05) is 13.8 Å². The Kier molecular flexibility index (Phi) is 6.35. The van der Waals surface area contributed by atoms with Gasteiger partial charge in [-0.05, 0) is 62.0 Å². The number of likely N-dealkylation sites (tertiary alicyclic amines) is 1. The highest BCUT2D eigenvalue weighted by molar-refractivity contribution is 5.85. The second-order valence-corrected chi connectivity index (χ2v) is 9.83. The molecule has 2 aromatic rings. The van der Waals surface area contributed by atoms with Crippen molar-refractivity contribution in [2.75, 3.05) is 13.1 Å². The van der Waals surface area contributed by atoms with Gasteiger partial charge in [0.1, 0.15) is 0 Å². The first kappa shape index (κ1) is 21.6. The fourth-order valence-corrected chi connectivity index (χ4v) is 6.12. The Balaban J connectivity index is 0.00000218. The topological polar surface area (TPSA) is 65.1 Å². The molecule has 4 atom stereocenters. The number of nitrogens with zero attached hydrogens (tertiary/aromatic N) is 4. The van der Waals surface area contributed by atoms with Crippen molar-refractivity contribution in [2.45, 2.75) is 71.0 Å². The largest absolute Gasteiger partial charge is 0.336 e. The summed E-state index contributed by atoms with van der Waals surface area (Å²) in [5, 5.41) is 8.74. The van der Waals surface area contributed by atoms with E-state index >= 15 is 0 Å². The van der Waals surface area contributed by atoms with Crippen molar-refractivity contribution in [3.05, 3.63) is 24.0 Å². The fraction of sp³-hybridized carbons (Fsp3) is 0.696. The van der Waals surface area contributed by atoms with E-state index in [-0.39, 0.29) is 12.4 Å². The predicted molar refractivity (Wildman–Crippen MR) is 120 cm³/mol. The summed E-state index contributed by atoms with van der Waals surface area (Å²) in [7, 11) is 0. The van der Waals surface area contributed by atoms with Crippen LogP contribution in [0.3, 0.4) is 0 Å². The van der Waals surface area contributed by atoms with Crippen molar-refractivity contribution in [1.29, 1.82) is 0 Å². The van der Waals surface area contributed by atoms with E-state index in [1.165, 1.54) is 25.0 Å². The maximum Gasteiger partial charge on any atom is 0.223 e. The van der Waals surface area contributed by atoms with Crippen LogP contribution in [0.15, 0.2) is 18.3 Å². The monoisotopic (exact) mass is 431 g/mol. The summed E-state index contributed by atoms with van der Waals surface area (Å²) in [6.07, 6.45) is 8.46. The number of nitrogens with one attached hydrogen (secondary N) is 1. The Morgan fingerprint density at radius 2 is 2.10 bits per heavy atom. The minimum Gasteiger partial charge on any atom is -0.336 e. The van der Waals surface area contributed by atoms with Crippen LogP contribution in [0, 0.1) is 17.8 Å². The van der Waals surface area contributed by atoms with Gasteiger partial charge in [0.25, 0.3) is 0 Å². The van der Waals surface area contributed by atoms with Crippen LogP contribution in [0.5, 0.6) is 0 Å². The first-order valence-corrected chi connectivity index (χ1v) is 11.4. The molecule has 3 aliphatic heterocycles. The van der Waals surface area contributed by atoms with Crippen LogP contribution in [0.1, 0.15) is 58.1 Å². The summed E-state index contributed by atoms with van der Waals surface area (Å²) < 4.78 is 0. The normalized spacial score (nSPS) is 29.2. The van der Waals surface area contributed by atoms with Crippen LogP contribution in [-0.4, -0.2) is 56.1 Å². The minimum atomic E-state index is 0. The van der Waals surface area contributed by atoms with Gasteiger partial charge in [-0.25, -0.2) is 4.98 Å². The van der Waals surface area contributed by atoms with E-state index in [0.717, 1.165) is 49.9 Å². The molecule has 0 radical (unpaired) electrons. The van der Waals surface area contributed by atoms with Crippen molar-refractivity contribution >= 4 is 29.3 Å². The first-order valence-electron chi connectivity index (χ1n) is 11.4. The SMILES string of the molecule is CC(C)CC[C@H]1[C@H]2C[C@H](CN(Cc3[nH]nc4ncccc34)C2)[C@@H]2CCCC(=O)N21.Cl. The maximum atomic E-state index is 12.9. The lowest BCUT2D eigenvalue weighted by atomic mass is 9.70. The van der Waals surface area contributed by atoms with E-state index < -0.39 is 0 Å². The standard InChI is InChI=1S/C23H33N5O.ClH/c1-15(2)8-9-21-17-11-16(20-6-3-7-22(29)28(20)21)12-27(13-17)14-19-18-5-4-10-24-23(18)26-25-19;/h4-5,10,15-17,20-21H,3,6-9,11-14H2,1-2H3,(H,24,25,26);1H/t16-,17+,20+,21+;/m1./s1. The van der Waals surface area contributed by atoms with Crippen LogP contribution in [0.4, 0.5) is 0 Å². The lowest BCUT2D eigenvalue weighted by Crippen LogP contribution is -2.64. The third-order valence-corrected chi connectivity index (χ3v) is 7.40. The molecule has 6 nitrogen and oxygen atoms in total. The molecule has 5 heterocycles. The number of piperidine rings is 3. The molecule has 0 aliphatic carbocycles. The quantitative estimate of drug-likeness (QED) is 0.776. The van der Waals surface area contributed by atoms with Crippen LogP contribution in [-0.2, 0) is 11.3 Å². The van der Waals surface area contributed by atoms with Gasteiger partial charge in [-0.3, -0.25) is 14.8 Å². The van der Waals surface area contributed by atoms with Crippen molar-refractivity contribution in [3.8, 4) is 0 Å². The smallest absolute Gasteiger partial charge is 0.223 e. The van der Waals surface area contributed by atoms with E-state index in [2.05, 4.69) is 44.9 Å². The zero-order chi connectivity index (χ0) is 20.0. The number of aromatic amines is 1. The number of hydrogen-bond donors (Lipinski definition) is 1. The molecule has 0 aromatic carbocycles. The van der Waals surface area contributed by atoms with E-state index in [1.807, 2.05) is 6.07 Å². The average Bonchev–Trinajstić information content (AvgIpc) is 3.11. The second-order valence-electron chi connectivity index (χ2n) is 9.83. The molecule has 0 unspecified atom stereocenters. The zero-order valence-corrected chi connectivity index (χ0v) is 18.9. The van der Waals surface area contributed by atoms with Crippen LogP contribution < -0.4 is 0 Å². The number of amides is 1. The van der Waals surface area contributed by atoms with Crippen LogP contribution in [0.25, 0.3) is 11.0 Å². The number of hydrogen-bond acceptors (Lipinski definition) is 4. The molecule has 2 aromatic heterocycles. The lowest BCUT2D eigenvalue weighted by Gasteiger charge is -2.57. The molecular weight excluding hydrogens is 398 g/mol. The molecule has 30 heavy (non-hydrogen) atoms. The molecule has 3 fully saturated rings. The second kappa shape index (κ2) is 8.83. The van der Waals surface area contributed by atoms with Crippen molar-refractivity contribution < 1.29 is 4.79 Å². The van der Waals surface area contributed by atoms with Gasteiger partial charge in [-0.2, -0.15) is 5.10 Å². The number of H-pyrrole nitrogens is 1.